The summed E-state index contributed by atoms with van der Waals surface area (Å²) in [7, 11) is 0. The van der Waals surface area contributed by atoms with E-state index in [-0.39, 0.29) is 18.0 Å². The zero-order valence-electron chi connectivity index (χ0n) is 17.1. The molecule has 0 N–H and O–H groups in total. The number of para-hydroxylation sites is 1. The number of amides is 1. The topological polar surface area (TPSA) is 57.5 Å². The summed E-state index contributed by atoms with van der Waals surface area (Å²) in [5.41, 5.74) is 5.09. The van der Waals surface area contributed by atoms with Crippen molar-refractivity contribution in [1.82, 2.24) is 9.91 Å². The number of hydrogen-bond acceptors (Lipinski definition) is 5. The maximum atomic E-state index is 13.2. The highest BCUT2D eigenvalue weighted by molar-refractivity contribution is 6.04. The SMILES string of the molecule is CCCCOc1ccccc1C(=O)N1CC2=NN3C(C)=C(C)C(C)=NC3C2C1. The lowest BCUT2D eigenvalue weighted by Gasteiger charge is -2.31. The van der Waals surface area contributed by atoms with E-state index in [0.717, 1.165) is 30.0 Å². The highest BCUT2D eigenvalue weighted by Crippen LogP contribution is 2.36. The zero-order valence-corrected chi connectivity index (χ0v) is 17.1. The number of benzene rings is 1. The van der Waals surface area contributed by atoms with Crippen molar-refractivity contribution in [3.8, 4) is 5.75 Å². The molecular weight excluding hydrogens is 352 g/mol. The number of carbonyl (C=O) groups excluding carboxylic acids is 1. The molecule has 0 bridgehead atoms. The summed E-state index contributed by atoms with van der Waals surface area (Å²) in [4.78, 5) is 19.9. The molecule has 3 aliphatic heterocycles. The second-order valence-corrected chi connectivity index (χ2v) is 7.76. The van der Waals surface area contributed by atoms with Crippen LogP contribution < -0.4 is 4.74 Å². The molecule has 2 atom stereocenters. The van der Waals surface area contributed by atoms with E-state index in [2.05, 4.69) is 27.7 Å². The number of ether oxygens (including phenoxy) is 1. The molecule has 6 nitrogen and oxygen atoms in total. The van der Waals surface area contributed by atoms with Gasteiger partial charge in [-0.15, -0.1) is 0 Å². The van der Waals surface area contributed by atoms with E-state index >= 15 is 0 Å². The van der Waals surface area contributed by atoms with Gasteiger partial charge in [-0.3, -0.25) is 9.79 Å². The molecule has 0 aromatic heterocycles. The summed E-state index contributed by atoms with van der Waals surface area (Å²) in [6, 6.07) is 7.53. The molecule has 0 radical (unpaired) electrons. The average Bonchev–Trinajstić information content (AvgIpc) is 3.25. The van der Waals surface area contributed by atoms with E-state index in [1.54, 1.807) is 0 Å². The summed E-state index contributed by atoms with van der Waals surface area (Å²) >= 11 is 0. The molecule has 6 heteroatoms. The molecule has 0 aliphatic carbocycles. The lowest BCUT2D eigenvalue weighted by atomic mass is 10.0. The standard InChI is InChI=1S/C22H28N4O2/c1-5-6-11-28-20-10-8-7-9-17(20)22(27)25-12-18-19(13-25)24-26-16(4)14(2)15(3)23-21(18)26/h7-10,18,21H,5-6,11-13H2,1-4H3. The Balaban J connectivity index is 1.53. The monoisotopic (exact) mass is 380 g/mol. The third-order valence-electron chi connectivity index (χ3n) is 5.96. The van der Waals surface area contributed by atoms with Gasteiger partial charge in [0.15, 0.2) is 6.17 Å². The number of rotatable bonds is 5. The van der Waals surface area contributed by atoms with Gasteiger partial charge in [0.25, 0.3) is 5.91 Å². The van der Waals surface area contributed by atoms with Crippen molar-refractivity contribution in [1.29, 1.82) is 0 Å². The highest BCUT2D eigenvalue weighted by atomic mass is 16.5. The number of likely N-dealkylation sites (tertiary alicyclic amines) is 1. The maximum Gasteiger partial charge on any atom is 0.257 e. The summed E-state index contributed by atoms with van der Waals surface area (Å²) in [5, 5.41) is 6.84. The summed E-state index contributed by atoms with van der Waals surface area (Å²) in [6.07, 6.45) is 2.02. The Hall–Kier alpha value is -2.63. The molecule has 3 aliphatic rings. The predicted octanol–water partition coefficient (Wildman–Crippen LogP) is 3.70. The smallest absolute Gasteiger partial charge is 0.257 e. The van der Waals surface area contributed by atoms with Gasteiger partial charge in [-0.05, 0) is 44.9 Å². The van der Waals surface area contributed by atoms with Gasteiger partial charge in [0.1, 0.15) is 5.75 Å². The number of allylic oxidation sites excluding steroid dienone is 2. The van der Waals surface area contributed by atoms with Crippen molar-refractivity contribution in [3.63, 3.8) is 0 Å². The lowest BCUT2D eigenvalue weighted by Crippen LogP contribution is -2.38. The van der Waals surface area contributed by atoms with Crippen molar-refractivity contribution in [2.24, 2.45) is 16.0 Å². The van der Waals surface area contributed by atoms with Crippen LogP contribution in [0.2, 0.25) is 0 Å². The molecule has 4 rings (SSSR count). The second-order valence-electron chi connectivity index (χ2n) is 7.76. The van der Waals surface area contributed by atoms with E-state index in [1.165, 1.54) is 5.57 Å². The minimum Gasteiger partial charge on any atom is -0.493 e. The molecule has 1 aromatic rings. The van der Waals surface area contributed by atoms with Crippen LogP contribution in [0.5, 0.6) is 5.75 Å². The van der Waals surface area contributed by atoms with Crippen LogP contribution in [-0.4, -0.2) is 53.1 Å². The molecule has 1 fully saturated rings. The first-order chi connectivity index (χ1) is 13.5. The van der Waals surface area contributed by atoms with Crippen LogP contribution in [0.1, 0.15) is 50.9 Å². The van der Waals surface area contributed by atoms with Gasteiger partial charge in [-0.2, -0.15) is 5.10 Å². The Bertz CT molecular complexity index is 886. The molecule has 28 heavy (non-hydrogen) atoms. The van der Waals surface area contributed by atoms with Gasteiger partial charge in [-0.25, -0.2) is 5.01 Å². The Morgan fingerprint density at radius 1 is 1.25 bits per heavy atom. The first-order valence-electron chi connectivity index (χ1n) is 10.1. The molecule has 1 amide bonds. The zero-order chi connectivity index (χ0) is 19.8. The largest absolute Gasteiger partial charge is 0.493 e. The molecule has 148 valence electrons. The van der Waals surface area contributed by atoms with E-state index < -0.39 is 0 Å². The van der Waals surface area contributed by atoms with Gasteiger partial charge in [0, 0.05) is 18.0 Å². The van der Waals surface area contributed by atoms with Crippen molar-refractivity contribution < 1.29 is 9.53 Å². The molecule has 1 saturated heterocycles. The van der Waals surface area contributed by atoms with Crippen LogP contribution in [0.4, 0.5) is 0 Å². The minimum absolute atomic E-state index is 0.00991. The van der Waals surface area contributed by atoms with Gasteiger partial charge >= 0.3 is 0 Å². The Morgan fingerprint density at radius 3 is 2.82 bits per heavy atom. The molecular formula is C22H28N4O2. The van der Waals surface area contributed by atoms with E-state index in [0.29, 0.717) is 31.0 Å². The fourth-order valence-corrected chi connectivity index (χ4v) is 4.03. The van der Waals surface area contributed by atoms with Crippen LogP contribution in [0.25, 0.3) is 0 Å². The van der Waals surface area contributed by atoms with Crippen molar-refractivity contribution in [2.45, 2.75) is 46.7 Å². The quantitative estimate of drug-likeness (QED) is 0.732. The first kappa shape index (κ1) is 18.7. The Morgan fingerprint density at radius 2 is 2.04 bits per heavy atom. The Labute approximate surface area is 166 Å². The highest BCUT2D eigenvalue weighted by Gasteiger charge is 2.46. The number of carbonyl (C=O) groups is 1. The van der Waals surface area contributed by atoms with Crippen LogP contribution in [-0.2, 0) is 0 Å². The second kappa shape index (κ2) is 7.41. The summed E-state index contributed by atoms with van der Waals surface area (Å²) < 4.78 is 5.86. The predicted molar refractivity (Wildman–Crippen MR) is 111 cm³/mol. The van der Waals surface area contributed by atoms with E-state index in [9.17, 15) is 4.79 Å². The van der Waals surface area contributed by atoms with Gasteiger partial charge in [-0.1, -0.05) is 25.5 Å². The molecule has 0 spiro atoms. The van der Waals surface area contributed by atoms with E-state index in [1.807, 2.05) is 34.2 Å². The molecule has 1 aromatic carbocycles. The Kier molecular flexibility index (Phi) is 4.96. The van der Waals surface area contributed by atoms with E-state index in [4.69, 9.17) is 14.8 Å². The maximum absolute atomic E-state index is 13.2. The van der Waals surface area contributed by atoms with Crippen LogP contribution in [0.3, 0.4) is 0 Å². The van der Waals surface area contributed by atoms with Crippen LogP contribution in [0.15, 0.2) is 45.6 Å². The third kappa shape index (κ3) is 3.11. The average molecular weight is 380 g/mol. The normalized spacial score (nSPS) is 23.4. The van der Waals surface area contributed by atoms with Gasteiger partial charge in [0.05, 0.1) is 30.3 Å². The van der Waals surface area contributed by atoms with Crippen molar-refractivity contribution in [2.75, 3.05) is 19.7 Å². The third-order valence-corrected chi connectivity index (χ3v) is 5.96. The van der Waals surface area contributed by atoms with Crippen LogP contribution in [0, 0.1) is 5.92 Å². The minimum atomic E-state index is -0.0208. The molecule has 3 heterocycles. The fraction of sp³-hybridized carbons (Fsp3) is 0.500. The van der Waals surface area contributed by atoms with Gasteiger partial charge in [0.2, 0.25) is 0 Å². The fourth-order valence-electron chi connectivity index (χ4n) is 4.03. The number of hydrazone groups is 1. The molecule has 0 saturated carbocycles. The van der Waals surface area contributed by atoms with Crippen LogP contribution >= 0.6 is 0 Å². The first-order valence-corrected chi connectivity index (χ1v) is 10.1. The number of aliphatic imine (C=N–C) groups is 1. The number of unbranched alkanes of at least 4 members (excludes halogenated alkanes) is 1. The lowest BCUT2D eigenvalue weighted by molar-refractivity contribution is 0.0772. The van der Waals surface area contributed by atoms with Crippen molar-refractivity contribution in [3.05, 3.63) is 41.1 Å². The number of fused-ring (bicyclic) bond motifs is 3. The molecule has 2 unspecified atom stereocenters. The number of hydrogen-bond donors (Lipinski definition) is 0. The number of nitrogens with zero attached hydrogens (tertiary/aromatic N) is 4. The summed E-state index contributed by atoms with van der Waals surface area (Å²) in [5.74, 6) is 0.841. The summed E-state index contributed by atoms with van der Waals surface area (Å²) in [6.45, 7) is 10.2. The van der Waals surface area contributed by atoms with Gasteiger partial charge < -0.3 is 9.64 Å². The van der Waals surface area contributed by atoms with Crippen molar-refractivity contribution >= 4 is 17.3 Å².